The third-order valence-electron chi connectivity index (χ3n) is 5.43. The molecule has 1 saturated heterocycles. The highest BCUT2D eigenvalue weighted by molar-refractivity contribution is 6.01. The van der Waals surface area contributed by atoms with Crippen LogP contribution < -0.4 is 0 Å². The third-order valence-corrected chi connectivity index (χ3v) is 5.43. The summed E-state index contributed by atoms with van der Waals surface area (Å²) >= 11 is 0. The Labute approximate surface area is 156 Å². The lowest BCUT2D eigenvalue weighted by atomic mass is 9.85. The Kier molecular flexibility index (Phi) is 4.68. The summed E-state index contributed by atoms with van der Waals surface area (Å²) in [6, 6.07) is 15.8. The zero-order valence-corrected chi connectivity index (χ0v) is 14.9. The topological polar surface area (TPSA) is 24.8 Å². The Balaban J connectivity index is 1.38. The normalized spacial score (nSPS) is 19.7. The van der Waals surface area contributed by atoms with E-state index in [0.717, 1.165) is 36.6 Å². The van der Waals surface area contributed by atoms with Crippen molar-refractivity contribution in [1.29, 1.82) is 0 Å². The van der Waals surface area contributed by atoms with Gasteiger partial charge in [-0.1, -0.05) is 53.7 Å². The fourth-order valence-corrected chi connectivity index (χ4v) is 3.87. The van der Waals surface area contributed by atoms with Gasteiger partial charge in [0.05, 0.1) is 11.3 Å². The molecule has 0 saturated carbocycles. The minimum Gasteiger partial charge on any atom is -0.388 e. The maximum absolute atomic E-state index is 13.2. The minimum atomic E-state index is -4.32. The Morgan fingerprint density at radius 1 is 0.963 bits per heavy atom. The van der Waals surface area contributed by atoms with Crippen molar-refractivity contribution in [3.05, 3.63) is 71.3 Å². The first kappa shape index (κ1) is 18.0. The van der Waals surface area contributed by atoms with Crippen LogP contribution in [0, 0.1) is 0 Å². The lowest BCUT2D eigenvalue weighted by Crippen LogP contribution is -2.44. The summed E-state index contributed by atoms with van der Waals surface area (Å²) in [6.07, 6.45) is -2.04. The number of halogens is 3. The van der Waals surface area contributed by atoms with E-state index in [4.69, 9.17) is 4.84 Å². The fraction of sp³-hybridized carbons (Fsp3) is 0.381. The number of rotatable bonds is 3. The first-order valence-electron chi connectivity index (χ1n) is 9.13. The lowest BCUT2D eigenvalue weighted by molar-refractivity contribution is -0.138. The van der Waals surface area contributed by atoms with E-state index in [1.54, 1.807) is 12.1 Å². The van der Waals surface area contributed by atoms with E-state index in [-0.39, 0.29) is 5.60 Å². The molecule has 2 aromatic carbocycles. The van der Waals surface area contributed by atoms with Crippen molar-refractivity contribution in [2.75, 3.05) is 13.1 Å². The molecule has 2 heterocycles. The van der Waals surface area contributed by atoms with E-state index >= 15 is 0 Å². The van der Waals surface area contributed by atoms with Crippen LogP contribution in [-0.2, 0) is 17.6 Å². The molecule has 142 valence electrons. The number of hydrogen-bond donors (Lipinski definition) is 0. The minimum absolute atomic E-state index is 0.304. The lowest BCUT2D eigenvalue weighted by Gasteiger charge is -2.37. The maximum Gasteiger partial charge on any atom is 0.416 e. The largest absolute Gasteiger partial charge is 0.416 e. The number of nitrogens with zero attached hydrogens (tertiary/aromatic N) is 2. The van der Waals surface area contributed by atoms with E-state index in [2.05, 4.69) is 10.1 Å². The van der Waals surface area contributed by atoms with E-state index in [1.165, 1.54) is 6.07 Å². The second-order valence-electron chi connectivity index (χ2n) is 7.29. The molecule has 0 atom stereocenters. The molecule has 1 fully saturated rings. The molecule has 1 spiro atoms. The van der Waals surface area contributed by atoms with Gasteiger partial charge in [-0.25, -0.2) is 0 Å². The van der Waals surface area contributed by atoms with E-state index < -0.39 is 11.7 Å². The highest BCUT2D eigenvalue weighted by Gasteiger charge is 2.42. The predicted molar refractivity (Wildman–Crippen MR) is 97.4 cm³/mol. The number of benzene rings is 2. The smallest absolute Gasteiger partial charge is 0.388 e. The second-order valence-corrected chi connectivity index (χ2v) is 7.29. The van der Waals surface area contributed by atoms with Crippen molar-refractivity contribution in [3.8, 4) is 0 Å². The molecule has 0 unspecified atom stereocenters. The summed E-state index contributed by atoms with van der Waals surface area (Å²) in [5, 5.41) is 4.29. The molecule has 0 aliphatic carbocycles. The third kappa shape index (κ3) is 3.86. The van der Waals surface area contributed by atoms with Gasteiger partial charge in [-0.05, 0) is 17.2 Å². The number of hydrogen-bond acceptors (Lipinski definition) is 3. The Morgan fingerprint density at radius 2 is 1.63 bits per heavy atom. The average Bonchev–Trinajstić information content (AvgIpc) is 3.08. The molecular formula is C21H21F3N2O. The standard InChI is InChI=1S/C21H21F3N2O/c22-21(23,24)18-9-5-4-8-17(18)15-26-12-10-20(11-13-26)14-19(25-27-20)16-6-2-1-3-7-16/h1-9H,10-15H2. The van der Waals surface area contributed by atoms with Gasteiger partial charge in [0.25, 0.3) is 0 Å². The second kappa shape index (κ2) is 7.00. The van der Waals surface area contributed by atoms with Crippen molar-refractivity contribution < 1.29 is 18.0 Å². The fourth-order valence-electron chi connectivity index (χ4n) is 3.87. The van der Waals surface area contributed by atoms with Crippen LogP contribution in [0.1, 0.15) is 36.0 Å². The van der Waals surface area contributed by atoms with Crippen LogP contribution in [0.2, 0.25) is 0 Å². The van der Waals surface area contributed by atoms with Gasteiger partial charge < -0.3 is 4.84 Å². The molecule has 0 bridgehead atoms. The van der Waals surface area contributed by atoms with Gasteiger partial charge >= 0.3 is 6.18 Å². The van der Waals surface area contributed by atoms with Crippen molar-refractivity contribution in [1.82, 2.24) is 4.90 Å². The highest BCUT2D eigenvalue weighted by Crippen LogP contribution is 2.37. The number of likely N-dealkylation sites (tertiary alicyclic amines) is 1. The monoisotopic (exact) mass is 374 g/mol. The highest BCUT2D eigenvalue weighted by atomic mass is 19.4. The quantitative estimate of drug-likeness (QED) is 0.766. The van der Waals surface area contributed by atoms with Gasteiger partial charge in [0.2, 0.25) is 0 Å². The molecule has 2 aliphatic heterocycles. The Morgan fingerprint density at radius 3 is 2.33 bits per heavy atom. The van der Waals surface area contributed by atoms with E-state index in [0.29, 0.717) is 25.2 Å². The van der Waals surface area contributed by atoms with Gasteiger partial charge in [0.15, 0.2) is 0 Å². The SMILES string of the molecule is FC(F)(F)c1ccccc1CN1CCC2(CC1)CC(c1ccccc1)=NO2. The van der Waals surface area contributed by atoms with Gasteiger partial charge in [0.1, 0.15) is 5.60 Å². The van der Waals surface area contributed by atoms with E-state index in [9.17, 15) is 13.2 Å². The molecule has 0 aromatic heterocycles. The number of alkyl halides is 3. The summed E-state index contributed by atoms with van der Waals surface area (Å²) in [5.41, 5.74) is 1.49. The number of oxime groups is 1. The van der Waals surface area contributed by atoms with Crippen molar-refractivity contribution >= 4 is 5.71 Å². The zero-order chi connectivity index (χ0) is 18.9. The molecule has 4 rings (SSSR count). The average molecular weight is 374 g/mol. The molecule has 0 radical (unpaired) electrons. The first-order valence-corrected chi connectivity index (χ1v) is 9.13. The zero-order valence-electron chi connectivity index (χ0n) is 14.9. The van der Waals surface area contributed by atoms with Crippen LogP contribution in [0.4, 0.5) is 13.2 Å². The Bertz CT molecular complexity index is 825. The number of piperidine rings is 1. The molecule has 27 heavy (non-hydrogen) atoms. The van der Waals surface area contributed by atoms with Crippen LogP contribution in [0.25, 0.3) is 0 Å². The van der Waals surface area contributed by atoms with Crippen LogP contribution in [0.15, 0.2) is 59.8 Å². The van der Waals surface area contributed by atoms with E-state index in [1.807, 2.05) is 30.3 Å². The molecule has 6 heteroatoms. The Hall–Kier alpha value is -2.34. The first-order chi connectivity index (χ1) is 13.0. The van der Waals surface area contributed by atoms with Crippen LogP contribution in [0.3, 0.4) is 0 Å². The van der Waals surface area contributed by atoms with Gasteiger partial charge in [-0.15, -0.1) is 0 Å². The van der Waals surface area contributed by atoms with Crippen LogP contribution in [-0.4, -0.2) is 29.3 Å². The van der Waals surface area contributed by atoms with Crippen molar-refractivity contribution in [2.45, 2.75) is 37.6 Å². The molecule has 0 N–H and O–H groups in total. The molecule has 0 amide bonds. The van der Waals surface area contributed by atoms with Crippen molar-refractivity contribution in [2.24, 2.45) is 5.16 Å². The predicted octanol–water partition coefficient (Wildman–Crippen LogP) is 4.86. The summed E-state index contributed by atoms with van der Waals surface area (Å²) in [7, 11) is 0. The van der Waals surface area contributed by atoms with Gasteiger partial charge in [-0.3, -0.25) is 4.90 Å². The molecule has 2 aliphatic rings. The molecule has 3 nitrogen and oxygen atoms in total. The summed E-state index contributed by atoms with van der Waals surface area (Å²) < 4.78 is 39.6. The summed E-state index contributed by atoms with van der Waals surface area (Å²) in [4.78, 5) is 7.88. The van der Waals surface area contributed by atoms with Gasteiger partial charge in [0, 0.05) is 38.9 Å². The molecule has 2 aromatic rings. The van der Waals surface area contributed by atoms with Gasteiger partial charge in [-0.2, -0.15) is 13.2 Å². The maximum atomic E-state index is 13.2. The van der Waals surface area contributed by atoms with Crippen LogP contribution >= 0.6 is 0 Å². The molecular weight excluding hydrogens is 353 g/mol. The van der Waals surface area contributed by atoms with Crippen LogP contribution in [0.5, 0.6) is 0 Å². The van der Waals surface area contributed by atoms with Crippen molar-refractivity contribution in [3.63, 3.8) is 0 Å². The summed E-state index contributed by atoms with van der Waals surface area (Å²) in [5.74, 6) is 0. The summed E-state index contributed by atoms with van der Waals surface area (Å²) in [6.45, 7) is 1.70.